The van der Waals surface area contributed by atoms with Crippen LogP contribution in [0.1, 0.15) is 20.8 Å². The molecular weight excluding hydrogens is 148 g/mol. The number of rotatable bonds is 2. The lowest BCUT2D eigenvalue weighted by atomic mass is 10.1. The Bertz CT molecular complexity index is 171. The number of hydrogen-bond acceptors (Lipinski definition) is 4. The summed E-state index contributed by atoms with van der Waals surface area (Å²) in [7, 11) is 1.19. The van der Waals surface area contributed by atoms with Crippen molar-refractivity contribution in [1.29, 1.82) is 0 Å². The fourth-order valence-electron chi connectivity index (χ4n) is 0.322. The third-order valence-corrected chi connectivity index (χ3v) is 1.35. The first-order valence-corrected chi connectivity index (χ1v) is 3.18. The smallest absolute Gasteiger partial charge is 0.438 e. The first-order valence-electron chi connectivity index (χ1n) is 3.18. The van der Waals surface area contributed by atoms with E-state index in [9.17, 15) is 9.59 Å². The second kappa shape index (κ2) is 3.37. The molecule has 0 N–H and O–H groups in total. The summed E-state index contributed by atoms with van der Waals surface area (Å²) in [6.45, 7) is 4.36. The van der Waals surface area contributed by atoms with Gasteiger partial charge in [0.25, 0.3) is 0 Å². The molecule has 0 aromatic carbocycles. The predicted molar refractivity (Wildman–Crippen MR) is 38.2 cm³/mol. The van der Waals surface area contributed by atoms with Crippen molar-refractivity contribution in [3.63, 3.8) is 0 Å². The van der Waals surface area contributed by atoms with Crippen LogP contribution in [0, 0.1) is 0 Å². The Morgan fingerprint density at radius 1 is 1.27 bits per heavy atom. The van der Waals surface area contributed by atoms with Crippen molar-refractivity contribution in [1.82, 2.24) is 0 Å². The van der Waals surface area contributed by atoms with Crippen LogP contribution in [0.3, 0.4) is 0 Å². The van der Waals surface area contributed by atoms with E-state index in [0.717, 1.165) is 0 Å². The molecule has 0 spiro atoms. The van der Waals surface area contributed by atoms with Crippen molar-refractivity contribution < 1.29 is 19.1 Å². The molecule has 0 fully saturated rings. The maximum absolute atomic E-state index is 10.8. The Kier molecular flexibility index (Phi) is 3.04. The highest BCUT2D eigenvalue weighted by atomic mass is 16.7. The number of carbonyl (C=O) groups is 2. The second-order valence-corrected chi connectivity index (χ2v) is 2.62. The number of hydrogen-bond donors (Lipinski definition) is 0. The van der Waals surface area contributed by atoms with Gasteiger partial charge in [-0.15, -0.1) is 0 Å². The average Bonchev–Trinajstić information content (AvgIpc) is 1.86. The molecule has 0 aliphatic carbocycles. The van der Waals surface area contributed by atoms with E-state index >= 15 is 0 Å². The van der Waals surface area contributed by atoms with E-state index in [1.807, 2.05) is 0 Å². The van der Waals surface area contributed by atoms with Crippen LogP contribution >= 0.6 is 0 Å². The minimum absolute atomic E-state index is 0.220. The van der Waals surface area contributed by atoms with Crippen LogP contribution in [0.2, 0.25) is 0 Å². The summed E-state index contributed by atoms with van der Waals surface area (Å²) >= 11 is 0. The Hall–Kier alpha value is -1.06. The van der Waals surface area contributed by atoms with Gasteiger partial charge in [0.15, 0.2) is 11.4 Å². The van der Waals surface area contributed by atoms with E-state index in [1.165, 1.54) is 27.9 Å². The maximum Gasteiger partial charge on any atom is 0.508 e. The van der Waals surface area contributed by atoms with Crippen molar-refractivity contribution >= 4 is 11.9 Å². The first-order chi connectivity index (χ1) is 4.90. The highest BCUT2D eigenvalue weighted by molar-refractivity contribution is 5.85. The summed E-state index contributed by atoms with van der Waals surface area (Å²) in [5.41, 5.74) is -1.09. The highest BCUT2D eigenvalue weighted by Gasteiger charge is 2.28. The zero-order chi connectivity index (χ0) is 9.07. The topological polar surface area (TPSA) is 52.6 Å². The Balaban J connectivity index is 4.12. The van der Waals surface area contributed by atoms with Crippen LogP contribution in [-0.4, -0.2) is 24.6 Å². The first kappa shape index (κ1) is 9.94. The Labute approximate surface area is 65.5 Å². The van der Waals surface area contributed by atoms with E-state index < -0.39 is 11.8 Å². The van der Waals surface area contributed by atoms with Gasteiger partial charge in [0, 0.05) is 0 Å². The Morgan fingerprint density at radius 2 is 1.73 bits per heavy atom. The molecular formula is C7H12O4. The van der Waals surface area contributed by atoms with Crippen LogP contribution in [0.5, 0.6) is 0 Å². The van der Waals surface area contributed by atoms with Gasteiger partial charge < -0.3 is 9.47 Å². The van der Waals surface area contributed by atoms with E-state index in [0.29, 0.717) is 0 Å². The molecule has 0 amide bonds. The monoisotopic (exact) mass is 160 g/mol. The summed E-state index contributed by atoms with van der Waals surface area (Å²) in [5.74, 6) is -0.220. The van der Waals surface area contributed by atoms with Gasteiger partial charge in [0.1, 0.15) is 0 Å². The molecule has 64 valence electrons. The lowest BCUT2D eigenvalue weighted by molar-refractivity contribution is -0.134. The molecule has 11 heavy (non-hydrogen) atoms. The summed E-state index contributed by atoms with van der Waals surface area (Å²) in [5, 5.41) is 0. The van der Waals surface area contributed by atoms with Gasteiger partial charge in [0.05, 0.1) is 7.11 Å². The number of ether oxygens (including phenoxy) is 2. The van der Waals surface area contributed by atoms with Gasteiger partial charge in [-0.25, -0.2) is 4.79 Å². The van der Waals surface area contributed by atoms with Crippen LogP contribution in [0.25, 0.3) is 0 Å². The summed E-state index contributed by atoms with van der Waals surface area (Å²) in [4.78, 5) is 21.3. The van der Waals surface area contributed by atoms with Crippen LogP contribution in [-0.2, 0) is 14.3 Å². The second-order valence-electron chi connectivity index (χ2n) is 2.62. The molecule has 0 saturated carbocycles. The van der Waals surface area contributed by atoms with Gasteiger partial charge >= 0.3 is 6.16 Å². The maximum atomic E-state index is 10.8. The van der Waals surface area contributed by atoms with Gasteiger partial charge in [0.2, 0.25) is 0 Å². The number of ketones is 1. The van der Waals surface area contributed by atoms with E-state index in [-0.39, 0.29) is 5.78 Å². The molecule has 0 saturated heterocycles. The fraction of sp³-hybridized carbons (Fsp3) is 0.714. The third-order valence-electron chi connectivity index (χ3n) is 1.35. The zero-order valence-corrected chi connectivity index (χ0v) is 7.13. The standard InChI is InChI=1S/C7H12O4/c1-5(8)7(2,3)11-6(9)10-4/h1-4H3. The molecule has 0 unspecified atom stereocenters. The quantitative estimate of drug-likeness (QED) is 0.568. The van der Waals surface area contributed by atoms with E-state index in [4.69, 9.17) is 0 Å². The van der Waals surface area contributed by atoms with Crippen LogP contribution in [0.4, 0.5) is 4.79 Å². The number of carbonyl (C=O) groups excluding carboxylic acids is 2. The largest absolute Gasteiger partial charge is 0.508 e. The van der Waals surface area contributed by atoms with Crippen LogP contribution < -0.4 is 0 Å². The lowest BCUT2D eigenvalue weighted by Gasteiger charge is -2.20. The SMILES string of the molecule is COC(=O)OC(C)(C)C(C)=O. The van der Waals surface area contributed by atoms with Gasteiger partial charge in [-0.3, -0.25) is 4.79 Å². The van der Waals surface area contributed by atoms with E-state index in [2.05, 4.69) is 9.47 Å². The highest BCUT2D eigenvalue weighted by Crippen LogP contribution is 2.10. The predicted octanol–water partition coefficient (Wildman–Crippen LogP) is 1.14. The summed E-state index contributed by atoms with van der Waals surface area (Å²) < 4.78 is 8.86. The minimum atomic E-state index is -1.09. The van der Waals surface area contributed by atoms with Crippen molar-refractivity contribution in [3.8, 4) is 0 Å². The van der Waals surface area contributed by atoms with Crippen molar-refractivity contribution in [2.24, 2.45) is 0 Å². The molecule has 4 nitrogen and oxygen atoms in total. The van der Waals surface area contributed by atoms with Gasteiger partial charge in [-0.1, -0.05) is 0 Å². The molecule has 0 atom stereocenters. The van der Waals surface area contributed by atoms with Crippen molar-refractivity contribution in [2.75, 3.05) is 7.11 Å². The number of Topliss-reactive ketones (excluding diaryl/α,β-unsaturated/α-hetero) is 1. The molecule has 0 rings (SSSR count). The van der Waals surface area contributed by atoms with Gasteiger partial charge in [-0.05, 0) is 20.8 Å². The fourth-order valence-corrected chi connectivity index (χ4v) is 0.322. The van der Waals surface area contributed by atoms with Crippen molar-refractivity contribution in [2.45, 2.75) is 26.4 Å². The molecule has 0 aromatic heterocycles. The Morgan fingerprint density at radius 3 is 2.00 bits per heavy atom. The molecule has 0 bridgehead atoms. The van der Waals surface area contributed by atoms with Crippen LogP contribution in [0.15, 0.2) is 0 Å². The van der Waals surface area contributed by atoms with E-state index in [1.54, 1.807) is 0 Å². The molecule has 0 aliphatic heterocycles. The van der Waals surface area contributed by atoms with Crippen molar-refractivity contribution in [3.05, 3.63) is 0 Å². The summed E-state index contributed by atoms with van der Waals surface area (Å²) in [6.07, 6.45) is -0.842. The summed E-state index contributed by atoms with van der Waals surface area (Å²) in [6, 6.07) is 0. The number of methoxy groups -OCH3 is 1. The minimum Gasteiger partial charge on any atom is -0.438 e. The lowest BCUT2D eigenvalue weighted by Crippen LogP contribution is -2.35. The molecule has 0 heterocycles. The average molecular weight is 160 g/mol. The molecule has 0 radical (unpaired) electrons. The third kappa shape index (κ3) is 3.02. The normalized spacial score (nSPS) is 10.5. The molecule has 4 heteroatoms. The molecule has 0 aromatic rings. The molecule has 0 aliphatic rings. The zero-order valence-electron chi connectivity index (χ0n) is 7.13. The van der Waals surface area contributed by atoms with Gasteiger partial charge in [-0.2, -0.15) is 0 Å².